The number of fused-ring (bicyclic) bond motifs is 1. The molecule has 0 saturated heterocycles. The van der Waals surface area contributed by atoms with Crippen LogP contribution in [0.5, 0.6) is 5.75 Å². The predicted octanol–water partition coefficient (Wildman–Crippen LogP) is 1.01. The van der Waals surface area contributed by atoms with Crippen LogP contribution in [0.25, 0.3) is 11.0 Å². The molecule has 0 atom stereocenters. The van der Waals surface area contributed by atoms with E-state index in [-0.39, 0.29) is 18.8 Å². The first-order valence-corrected chi connectivity index (χ1v) is 5.63. The van der Waals surface area contributed by atoms with Crippen LogP contribution in [0.4, 0.5) is 0 Å². The van der Waals surface area contributed by atoms with Gasteiger partial charge in [-0.3, -0.25) is 14.5 Å². The van der Waals surface area contributed by atoms with Crippen molar-refractivity contribution in [1.82, 2.24) is 4.90 Å². The molecule has 100 valence electrons. The van der Waals surface area contributed by atoms with Gasteiger partial charge in [-0.05, 0) is 19.2 Å². The monoisotopic (exact) mass is 263 g/mol. The van der Waals surface area contributed by atoms with E-state index in [9.17, 15) is 14.7 Å². The highest BCUT2D eigenvalue weighted by atomic mass is 16.4. The predicted molar refractivity (Wildman–Crippen MR) is 68.1 cm³/mol. The smallest absolute Gasteiger partial charge is 0.317 e. The second kappa shape index (κ2) is 5.11. The standard InChI is InChI=1S/C13H13NO5/c1-14(7-11(15)16)6-10-13(18)12(17)8-4-2-3-5-9(8)19-10/h2-5,18H,6-7H2,1H3,(H,15,16). The van der Waals surface area contributed by atoms with E-state index in [0.29, 0.717) is 11.0 Å². The van der Waals surface area contributed by atoms with Crippen molar-refractivity contribution in [3.63, 3.8) is 0 Å². The number of likely N-dealkylation sites (N-methyl/N-ethyl adjacent to an activating group) is 1. The van der Waals surface area contributed by atoms with E-state index >= 15 is 0 Å². The molecule has 1 heterocycles. The molecular weight excluding hydrogens is 250 g/mol. The Bertz CT molecular complexity index is 676. The summed E-state index contributed by atoms with van der Waals surface area (Å²) in [7, 11) is 1.56. The maximum atomic E-state index is 11.9. The number of carbonyl (C=O) groups is 1. The summed E-state index contributed by atoms with van der Waals surface area (Å²) in [6, 6.07) is 6.57. The average Bonchev–Trinajstić information content (AvgIpc) is 2.34. The molecule has 0 unspecified atom stereocenters. The number of aliphatic carboxylic acids is 1. The largest absolute Gasteiger partial charge is 0.502 e. The van der Waals surface area contributed by atoms with Gasteiger partial charge < -0.3 is 14.6 Å². The minimum absolute atomic E-state index is 0.0399. The number of carboxylic acids is 1. The quantitative estimate of drug-likeness (QED) is 0.855. The SMILES string of the molecule is CN(CC(=O)O)Cc1oc2ccccc2c(=O)c1O. The van der Waals surface area contributed by atoms with Gasteiger partial charge in [-0.15, -0.1) is 0 Å². The van der Waals surface area contributed by atoms with Crippen LogP contribution in [-0.2, 0) is 11.3 Å². The molecule has 0 aliphatic rings. The van der Waals surface area contributed by atoms with Crippen molar-refractivity contribution in [3.05, 3.63) is 40.2 Å². The number of aromatic hydroxyl groups is 1. The zero-order valence-electron chi connectivity index (χ0n) is 10.3. The summed E-state index contributed by atoms with van der Waals surface area (Å²) in [6.45, 7) is -0.172. The van der Waals surface area contributed by atoms with E-state index < -0.39 is 17.1 Å². The van der Waals surface area contributed by atoms with Crippen LogP contribution in [0.1, 0.15) is 5.76 Å². The summed E-state index contributed by atoms with van der Waals surface area (Å²) < 4.78 is 5.44. The third-order valence-corrected chi connectivity index (χ3v) is 2.66. The molecule has 0 fully saturated rings. The van der Waals surface area contributed by atoms with E-state index in [2.05, 4.69) is 0 Å². The van der Waals surface area contributed by atoms with Crippen LogP contribution < -0.4 is 5.43 Å². The van der Waals surface area contributed by atoms with Crippen molar-refractivity contribution < 1.29 is 19.4 Å². The Morgan fingerprint density at radius 1 is 1.37 bits per heavy atom. The lowest BCUT2D eigenvalue weighted by atomic mass is 10.2. The summed E-state index contributed by atoms with van der Waals surface area (Å²) in [5.41, 5.74) is -0.149. The van der Waals surface area contributed by atoms with Crippen LogP contribution in [0.3, 0.4) is 0 Å². The number of nitrogens with zero attached hydrogens (tertiary/aromatic N) is 1. The van der Waals surface area contributed by atoms with Gasteiger partial charge in [0.2, 0.25) is 11.2 Å². The van der Waals surface area contributed by atoms with Crippen LogP contribution in [0, 0.1) is 0 Å². The average molecular weight is 263 g/mol. The third kappa shape index (κ3) is 2.74. The number of rotatable bonds is 4. The van der Waals surface area contributed by atoms with Gasteiger partial charge >= 0.3 is 5.97 Å². The van der Waals surface area contributed by atoms with E-state index in [1.165, 1.54) is 4.90 Å². The molecule has 2 rings (SSSR count). The molecule has 0 spiro atoms. The summed E-state index contributed by atoms with van der Waals surface area (Å²) in [5, 5.41) is 18.8. The van der Waals surface area contributed by atoms with E-state index in [1.54, 1.807) is 31.3 Å². The summed E-state index contributed by atoms with van der Waals surface area (Å²) in [6.07, 6.45) is 0. The van der Waals surface area contributed by atoms with Crippen molar-refractivity contribution in [3.8, 4) is 5.75 Å². The van der Waals surface area contributed by atoms with Gasteiger partial charge in [0.05, 0.1) is 18.5 Å². The van der Waals surface area contributed by atoms with Crippen molar-refractivity contribution in [2.45, 2.75) is 6.54 Å². The van der Waals surface area contributed by atoms with Gasteiger partial charge in [-0.2, -0.15) is 0 Å². The minimum atomic E-state index is -0.995. The number of benzene rings is 1. The van der Waals surface area contributed by atoms with Gasteiger partial charge in [0, 0.05) is 0 Å². The normalized spacial score (nSPS) is 11.1. The summed E-state index contributed by atoms with van der Waals surface area (Å²) in [5.74, 6) is -1.41. The topological polar surface area (TPSA) is 91.0 Å². The Labute approximate surface area is 108 Å². The lowest BCUT2D eigenvalue weighted by Crippen LogP contribution is -2.25. The van der Waals surface area contributed by atoms with Crippen molar-refractivity contribution in [2.75, 3.05) is 13.6 Å². The molecule has 0 saturated carbocycles. The van der Waals surface area contributed by atoms with Crippen molar-refractivity contribution in [1.29, 1.82) is 0 Å². The Morgan fingerprint density at radius 3 is 2.74 bits per heavy atom. The second-order valence-electron chi connectivity index (χ2n) is 4.27. The maximum Gasteiger partial charge on any atom is 0.317 e. The van der Waals surface area contributed by atoms with E-state index in [4.69, 9.17) is 9.52 Å². The maximum absolute atomic E-state index is 11.9. The summed E-state index contributed by atoms with van der Waals surface area (Å²) in [4.78, 5) is 23.9. The van der Waals surface area contributed by atoms with Crippen LogP contribution in [0.15, 0.2) is 33.5 Å². The molecule has 0 bridgehead atoms. The lowest BCUT2D eigenvalue weighted by molar-refractivity contribution is -0.138. The molecule has 19 heavy (non-hydrogen) atoms. The molecule has 0 aliphatic heterocycles. The number of carboxylic acid groups (broad SMARTS) is 1. The fourth-order valence-corrected chi connectivity index (χ4v) is 1.82. The zero-order valence-corrected chi connectivity index (χ0v) is 10.3. The molecule has 1 aromatic carbocycles. The van der Waals surface area contributed by atoms with Gasteiger partial charge in [0.15, 0.2) is 5.76 Å². The highest BCUT2D eigenvalue weighted by molar-refractivity contribution is 5.77. The van der Waals surface area contributed by atoms with Crippen LogP contribution in [-0.4, -0.2) is 34.7 Å². The Morgan fingerprint density at radius 2 is 2.05 bits per heavy atom. The first-order valence-electron chi connectivity index (χ1n) is 5.63. The van der Waals surface area contributed by atoms with Crippen molar-refractivity contribution >= 4 is 16.9 Å². The highest BCUT2D eigenvalue weighted by Crippen LogP contribution is 2.20. The lowest BCUT2D eigenvalue weighted by Gasteiger charge is -2.14. The number of para-hydroxylation sites is 1. The fourth-order valence-electron chi connectivity index (χ4n) is 1.82. The summed E-state index contributed by atoms with van der Waals surface area (Å²) >= 11 is 0. The van der Waals surface area contributed by atoms with Crippen LogP contribution in [0.2, 0.25) is 0 Å². The molecule has 2 aromatic rings. The third-order valence-electron chi connectivity index (χ3n) is 2.66. The second-order valence-corrected chi connectivity index (χ2v) is 4.27. The molecule has 0 amide bonds. The molecule has 6 nitrogen and oxygen atoms in total. The minimum Gasteiger partial charge on any atom is -0.502 e. The Balaban J connectivity index is 2.41. The van der Waals surface area contributed by atoms with Gasteiger partial charge in [0.25, 0.3) is 0 Å². The number of hydrogen-bond acceptors (Lipinski definition) is 5. The number of hydrogen-bond donors (Lipinski definition) is 2. The fraction of sp³-hybridized carbons (Fsp3) is 0.231. The van der Waals surface area contributed by atoms with Crippen molar-refractivity contribution in [2.24, 2.45) is 0 Å². The molecule has 0 radical (unpaired) electrons. The van der Waals surface area contributed by atoms with E-state index in [0.717, 1.165) is 0 Å². The van der Waals surface area contributed by atoms with E-state index in [1.807, 2.05) is 0 Å². The zero-order chi connectivity index (χ0) is 14.0. The van der Waals surface area contributed by atoms with Gasteiger partial charge in [-0.1, -0.05) is 12.1 Å². The molecular formula is C13H13NO5. The molecule has 0 aliphatic carbocycles. The Hall–Kier alpha value is -2.34. The molecule has 1 aromatic heterocycles. The molecule has 2 N–H and O–H groups in total. The first kappa shape index (κ1) is 13.1. The van der Waals surface area contributed by atoms with Crippen LogP contribution >= 0.6 is 0 Å². The highest BCUT2D eigenvalue weighted by Gasteiger charge is 2.15. The molecule has 6 heteroatoms. The van der Waals surface area contributed by atoms with Gasteiger partial charge in [0.1, 0.15) is 5.58 Å². The first-order chi connectivity index (χ1) is 8.99. The Kier molecular flexibility index (Phi) is 3.52. The van der Waals surface area contributed by atoms with Gasteiger partial charge in [-0.25, -0.2) is 0 Å².